The molecule has 0 bridgehead atoms. The maximum atomic E-state index is 12.7. The Kier molecular flexibility index (Phi) is 5.46. The van der Waals surface area contributed by atoms with Gasteiger partial charge in [0.15, 0.2) is 0 Å². The van der Waals surface area contributed by atoms with E-state index in [1.54, 1.807) is 6.26 Å². The Hall–Kier alpha value is -3.02. The Morgan fingerprint density at radius 2 is 1.89 bits per heavy atom. The van der Waals surface area contributed by atoms with Crippen molar-refractivity contribution in [2.24, 2.45) is 0 Å². The lowest BCUT2D eigenvalue weighted by atomic mass is 10.1. The van der Waals surface area contributed by atoms with Crippen molar-refractivity contribution in [3.8, 4) is 11.3 Å². The summed E-state index contributed by atoms with van der Waals surface area (Å²) in [5, 5.41) is 4.39. The molecule has 1 aliphatic rings. The van der Waals surface area contributed by atoms with Crippen molar-refractivity contribution in [1.82, 2.24) is 10.1 Å². The monoisotopic (exact) mass is 379 g/mol. The van der Waals surface area contributed by atoms with Gasteiger partial charge in [-0.05, 0) is 25.0 Å². The van der Waals surface area contributed by atoms with Crippen molar-refractivity contribution in [3.63, 3.8) is 0 Å². The first-order valence-electron chi connectivity index (χ1n) is 9.85. The minimum Gasteiger partial charge on any atom is -0.467 e. The van der Waals surface area contributed by atoms with Crippen LogP contribution in [0.4, 0.5) is 5.88 Å². The highest BCUT2D eigenvalue weighted by Gasteiger charge is 2.27. The van der Waals surface area contributed by atoms with E-state index >= 15 is 0 Å². The first kappa shape index (κ1) is 18.3. The summed E-state index contributed by atoms with van der Waals surface area (Å²) in [6, 6.07) is 13.7. The summed E-state index contributed by atoms with van der Waals surface area (Å²) in [5.74, 6) is 1.62. The van der Waals surface area contributed by atoms with Crippen LogP contribution in [0.3, 0.4) is 0 Å². The lowest BCUT2D eigenvalue weighted by Gasteiger charge is -2.23. The van der Waals surface area contributed by atoms with Gasteiger partial charge in [0.05, 0.1) is 24.9 Å². The Labute approximate surface area is 164 Å². The number of furan rings is 1. The Balaban J connectivity index is 1.70. The quantitative estimate of drug-likeness (QED) is 0.606. The third-order valence-corrected chi connectivity index (χ3v) is 5.14. The van der Waals surface area contributed by atoms with Crippen molar-refractivity contribution >= 4 is 11.8 Å². The molecule has 2 aromatic heterocycles. The third-order valence-electron chi connectivity index (χ3n) is 5.14. The van der Waals surface area contributed by atoms with Gasteiger partial charge in [-0.3, -0.25) is 4.79 Å². The maximum absolute atomic E-state index is 12.7. The molecule has 0 unspecified atom stereocenters. The normalized spacial score (nSPS) is 13.8. The first-order chi connectivity index (χ1) is 13.8. The Morgan fingerprint density at radius 1 is 1.11 bits per heavy atom. The zero-order chi connectivity index (χ0) is 19.3. The smallest absolute Gasteiger partial charge is 0.232 e. The molecule has 146 valence electrons. The van der Waals surface area contributed by atoms with E-state index in [2.05, 4.69) is 10.1 Å². The van der Waals surface area contributed by atoms with Crippen molar-refractivity contribution in [2.45, 2.75) is 39.3 Å². The number of rotatable bonds is 7. The summed E-state index contributed by atoms with van der Waals surface area (Å²) in [6.45, 7) is 4.66. The number of hydrogen-bond donors (Lipinski definition) is 0. The second-order valence-electron chi connectivity index (χ2n) is 7.06. The summed E-state index contributed by atoms with van der Waals surface area (Å²) < 4.78 is 11.3. The second kappa shape index (κ2) is 8.33. The topological polar surface area (TPSA) is 62.7 Å². The molecule has 6 nitrogen and oxygen atoms in total. The lowest BCUT2D eigenvalue weighted by molar-refractivity contribution is -0.132. The van der Waals surface area contributed by atoms with Crippen LogP contribution in [-0.2, 0) is 17.9 Å². The number of amides is 1. The number of benzene rings is 1. The minimum atomic E-state index is 0.0731. The molecule has 1 aliphatic heterocycles. The summed E-state index contributed by atoms with van der Waals surface area (Å²) in [5.41, 5.74) is 2.76. The van der Waals surface area contributed by atoms with Gasteiger partial charge >= 0.3 is 0 Å². The molecule has 1 amide bonds. The molecule has 1 aromatic carbocycles. The number of nitrogens with zero attached hydrogens (tertiary/aromatic N) is 3. The standard InChI is InChI=1S/C22H25N3O3/c1-2-20(26)25(15-18-11-8-14-27-18)16-19-21(17-9-4-3-5-10-17)23-28-22(19)24-12-6-7-13-24/h3-5,8-11,14H,2,6-7,12-13,15-16H2,1H3. The highest BCUT2D eigenvalue weighted by atomic mass is 16.5. The minimum absolute atomic E-state index is 0.0731. The summed E-state index contributed by atoms with van der Waals surface area (Å²) in [6.07, 6.45) is 4.36. The average molecular weight is 379 g/mol. The number of carbonyl (C=O) groups is 1. The summed E-state index contributed by atoms with van der Waals surface area (Å²) in [7, 11) is 0. The zero-order valence-electron chi connectivity index (χ0n) is 16.1. The van der Waals surface area contributed by atoms with Gasteiger partial charge < -0.3 is 18.7 Å². The van der Waals surface area contributed by atoms with Gasteiger partial charge in [0.2, 0.25) is 11.8 Å². The first-order valence-corrected chi connectivity index (χ1v) is 9.85. The second-order valence-corrected chi connectivity index (χ2v) is 7.06. The molecule has 4 rings (SSSR count). The molecule has 0 radical (unpaired) electrons. The largest absolute Gasteiger partial charge is 0.467 e. The maximum Gasteiger partial charge on any atom is 0.232 e. The van der Waals surface area contributed by atoms with Crippen molar-refractivity contribution in [3.05, 3.63) is 60.1 Å². The van der Waals surface area contributed by atoms with E-state index in [0.717, 1.165) is 54.4 Å². The molecule has 1 fully saturated rings. The predicted molar refractivity (Wildman–Crippen MR) is 107 cm³/mol. The van der Waals surface area contributed by atoms with E-state index in [9.17, 15) is 4.79 Å². The van der Waals surface area contributed by atoms with E-state index in [4.69, 9.17) is 8.94 Å². The predicted octanol–water partition coefficient (Wildman–Crippen LogP) is 4.47. The van der Waals surface area contributed by atoms with Gasteiger partial charge in [-0.1, -0.05) is 42.4 Å². The fourth-order valence-corrected chi connectivity index (χ4v) is 3.67. The van der Waals surface area contributed by atoms with Crippen LogP contribution in [0.1, 0.15) is 37.5 Å². The molecule has 0 spiro atoms. The van der Waals surface area contributed by atoms with Crippen LogP contribution >= 0.6 is 0 Å². The summed E-state index contributed by atoms with van der Waals surface area (Å²) in [4.78, 5) is 16.7. The molecular formula is C22H25N3O3. The third kappa shape index (κ3) is 3.81. The lowest BCUT2D eigenvalue weighted by Crippen LogP contribution is -2.30. The van der Waals surface area contributed by atoms with E-state index in [-0.39, 0.29) is 5.91 Å². The Morgan fingerprint density at radius 3 is 2.57 bits per heavy atom. The van der Waals surface area contributed by atoms with Gasteiger partial charge in [-0.15, -0.1) is 0 Å². The number of aromatic nitrogens is 1. The molecule has 3 heterocycles. The van der Waals surface area contributed by atoms with E-state index in [1.165, 1.54) is 0 Å². The van der Waals surface area contributed by atoms with E-state index in [1.807, 2.05) is 54.3 Å². The molecular weight excluding hydrogens is 354 g/mol. The highest BCUT2D eigenvalue weighted by Crippen LogP contribution is 2.34. The van der Waals surface area contributed by atoms with Crippen LogP contribution in [0.5, 0.6) is 0 Å². The molecule has 0 N–H and O–H groups in total. The summed E-state index contributed by atoms with van der Waals surface area (Å²) >= 11 is 0. The van der Waals surface area contributed by atoms with Gasteiger partial charge in [-0.25, -0.2) is 0 Å². The zero-order valence-corrected chi connectivity index (χ0v) is 16.1. The SMILES string of the molecule is CCC(=O)N(Cc1ccco1)Cc1c(-c2ccccc2)noc1N1CCCC1. The van der Waals surface area contributed by atoms with E-state index in [0.29, 0.717) is 19.5 Å². The molecule has 28 heavy (non-hydrogen) atoms. The molecule has 6 heteroatoms. The van der Waals surface area contributed by atoms with Crippen LogP contribution in [-0.4, -0.2) is 29.1 Å². The van der Waals surface area contributed by atoms with Crippen LogP contribution in [0.15, 0.2) is 57.7 Å². The van der Waals surface area contributed by atoms with Crippen LogP contribution < -0.4 is 4.90 Å². The van der Waals surface area contributed by atoms with E-state index < -0.39 is 0 Å². The van der Waals surface area contributed by atoms with Crippen LogP contribution in [0, 0.1) is 0 Å². The molecule has 0 aliphatic carbocycles. The van der Waals surface area contributed by atoms with Gasteiger partial charge in [0.25, 0.3) is 0 Å². The number of hydrogen-bond acceptors (Lipinski definition) is 5. The molecule has 0 atom stereocenters. The fourth-order valence-electron chi connectivity index (χ4n) is 3.67. The molecule has 0 saturated carbocycles. The van der Waals surface area contributed by atoms with Gasteiger partial charge in [0, 0.05) is 25.1 Å². The van der Waals surface area contributed by atoms with Crippen LogP contribution in [0.2, 0.25) is 0 Å². The van der Waals surface area contributed by atoms with Gasteiger partial charge in [-0.2, -0.15) is 0 Å². The Bertz CT molecular complexity index is 897. The molecule has 1 saturated heterocycles. The molecule has 3 aromatic rings. The van der Waals surface area contributed by atoms with Crippen molar-refractivity contribution < 1.29 is 13.7 Å². The average Bonchev–Trinajstić information content (AvgIpc) is 3.49. The van der Waals surface area contributed by atoms with Crippen LogP contribution in [0.25, 0.3) is 11.3 Å². The fraction of sp³-hybridized carbons (Fsp3) is 0.364. The number of carbonyl (C=O) groups excluding carboxylic acids is 1. The van der Waals surface area contributed by atoms with Crippen molar-refractivity contribution in [2.75, 3.05) is 18.0 Å². The van der Waals surface area contributed by atoms with Crippen molar-refractivity contribution in [1.29, 1.82) is 0 Å². The highest BCUT2D eigenvalue weighted by molar-refractivity contribution is 5.77. The van der Waals surface area contributed by atoms with Gasteiger partial charge in [0.1, 0.15) is 11.5 Å². The number of anilines is 1.